The van der Waals surface area contributed by atoms with E-state index in [4.69, 9.17) is 9.72 Å². The molecule has 1 unspecified atom stereocenters. The number of aliphatic hydroxyl groups is 1. The van der Waals surface area contributed by atoms with Gasteiger partial charge in [0.05, 0.1) is 30.8 Å². The number of amides is 5. The van der Waals surface area contributed by atoms with Crippen molar-refractivity contribution in [2.45, 2.75) is 108 Å². The maximum Gasteiger partial charge on any atom is 0.251 e. The number of carbonyl (C=O) groups is 5. The van der Waals surface area contributed by atoms with E-state index in [1.165, 1.54) is 19.2 Å². The molecular formula is C46H57F2N9O7. The van der Waals surface area contributed by atoms with Gasteiger partial charge in [-0.15, -0.1) is 0 Å². The number of aromatic nitrogens is 2. The zero-order valence-corrected chi connectivity index (χ0v) is 36.6. The number of likely N-dealkylation sites (tertiary alicyclic amines) is 1. The topological polar surface area (TPSA) is 190 Å². The molecule has 0 bridgehead atoms. The Balaban J connectivity index is 0.906. The van der Waals surface area contributed by atoms with E-state index in [0.29, 0.717) is 86.2 Å². The highest BCUT2D eigenvalue weighted by Gasteiger charge is 2.42. The summed E-state index contributed by atoms with van der Waals surface area (Å²) >= 11 is 0. The van der Waals surface area contributed by atoms with E-state index in [9.17, 15) is 29.1 Å². The van der Waals surface area contributed by atoms with E-state index in [0.717, 1.165) is 25.7 Å². The Morgan fingerprint density at radius 1 is 1.00 bits per heavy atom. The highest BCUT2D eigenvalue weighted by molar-refractivity contribution is 6.04. The average Bonchev–Trinajstić information content (AvgIpc) is 3.83. The number of piperidine rings is 3. The molecule has 5 heterocycles. The minimum atomic E-state index is -1.10. The van der Waals surface area contributed by atoms with Crippen LogP contribution < -0.4 is 35.4 Å². The summed E-state index contributed by atoms with van der Waals surface area (Å²) in [5.74, 6) is -3.45. The van der Waals surface area contributed by atoms with Crippen molar-refractivity contribution < 1.29 is 42.6 Å². The molecule has 0 spiro atoms. The van der Waals surface area contributed by atoms with E-state index in [2.05, 4.69) is 25.8 Å². The van der Waals surface area contributed by atoms with Gasteiger partial charge in [0.15, 0.2) is 5.82 Å². The lowest BCUT2D eigenvalue weighted by atomic mass is 9.83. The molecule has 4 fully saturated rings. The molecule has 18 heteroatoms. The fourth-order valence-electron chi connectivity index (χ4n) is 10.3. The smallest absolute Gasteiger partial charge is 0.251 e. The number of imide groups is 1. The molecule has 16 nitrogen and oxygen atoms in total. The normalized spacial score (nSPS) is 22.6. The molecule has 3 atom stereocenters. The van der Waals surface area contributed by atoms with Gasteiger partial charge in [0.2, 0.25) is 29.6 Å². The van der Waals surface area contributed by atoms with Gasteiger partial charge in [-0.25, -0.2) is 13.8 Å². The summed E-state index contributed by atoms with van der Waals surface area (Å²) in [4.78, 5) is 81.9. The number of nitrogens with one attached hydrogen (secondary N) is 3. The second-order valence-corrected chi connectivity index (χ2v) is 17.8. The monoisotopic (exact) mass is 885 g/mol. The fourth-order valence-corrected chi connectivity index (χ4v) is 10.3. The molecule has 2 aromatic carbocycles. The van der Waals surface area contributed by atoms with Crippen LogP contribution in [0, 0.1) is 17.6 Å². The fraction of sp³-hybridized carbons (Fsp3) is 0.543. The van der Waals surface area contributed by atoms with Crippen LogP contribution in [0.25, 0.3) is 0 Å². The maximum atomic E-state index is 15.4. The number of likely N-dealkylation sites (N-methyl/N-ethyl adjacent to an activating group) is 1. The third-order valence-corrected chi connectivity index (χ3v) is 13.9. The van der Waals surface area contributed by atoms with Crippen molar-refractivity contribution in [3.8, 4) is 5.75 Å². The van der Waals surface area contributed by atoms with E-state index >= 15 is 8.78 Å². The number of fused-ring (bicyclic) bond motifs is 1. The van der Waals surface area contributed by atoms with Crippen LogP contribution in [-0.2, 0) is 19.2 Å². The average molecular weight is 886 g/mol. The summed E-state index contributed by atoms with van der Waals surface area (Å²) in [5, 5.41) is 18.7. The Morgan fingerprint density at radius 3 is 2.41 bits per heavy atom. The zero-order valence-electron chi connectivity index (χ0n) is 36.6. The number of benzene rings is 2. The molecule has 3 aromatic rings. The van der Waals surface area contributed by atoms with Gasteiger partial charge in [0.25, 0.3) is 5.91 Å². The molecule has 5 amide bonds. The van der Waals surface area contributed by atoms with Crippen LogP contribution in [0.15, 0.2) is 36.5 Å². The molecule has 1 saturated carbocycles. The number of hydrogen-bond donors (Lipinski definition) is 4. The van der Waals surface area contributed by atoms with Gasteiger partial charge in [0.1, 0.15) is 29.1 Å². The van der Waals surface area contributed by atoms with Crippen LogP contribution in [0.5, 0.6) is 5.75 Å². The van der Waals surface area contributed by atoms with Crippen molar-refractivity contribution in [1.82, 2.24) is 25.5 Å². The summed E-state index contributed by atoms with van der Waals surface area (Å²) in [6.07, 6.45) is 8.86. The number of nitrogens with zero attached hydrogens (tertiary/aromatic N) is 6. The first-order chi connectivity index (χ1) is 30.8. The predicted molar refractivity (Wildman–Crippen MR) is 235 cm³/mol. The number of halogens is 2. The first kappa shape index (κ1) is 44.7. The van der Waals surface area contributed by atoms with Crippen LogP contribution in [0.4, 0.5) is 37.6 Å². The SMILES string of the molecule is CC[C@@H]1C(=O)N(C)c2cnc(Nc3ccc(C(=O)NC4(CCO)CCN(C(=O)[C@@H]5CCCN(c6cc(F)c(C7CCC(=O)NC7=O)c(F)c6)C5)CC4)cc3OC)nc2N1C1CCCC1. The molecule has 64 heavy (non-hydrogen) atoms. The Bertz CT molecular complexity index is 2280. The molecule has 5 aliphatic rings. The number of hydrogen-bond acceptors (Lipinski definition) is 12. The Kier molecular flexibility index (Phi) is 13.0. The van der Waals surface area contributed by atoms with E-state index in [1.807, 2.05) is 6.92 Å². The lowest BCUT2D eigenvalue weighted by Crippen LogP contribution is -2.57. The number of anilines is 5. The summed E-state index contributed by atoms with van der Waals surface area (Å²) in [7, 11) is 3.26. The van der Waals surface area contributed by atoms with Crippen LogP contribution in [0.3, 0.4) is 0 Å². The van der Waals surface area contributed by atoms with Crippen molar-refractivity contribution in [2.24, 2.45) is 5.92 Å². The summed E-state index contributed by atoms with van der Waals surface area (Å²) in [6.45, 7) is 3.28. The van der Waals surface area contributed by atoms with Crippen molar-refractivity contribution in [3.63, 3.8) is 0 Å². The third-order valence-electron chi connectivity index (χ3n) is 13.9. The van der Waals surface area contributed by atoms with Crippen molar-refractivity contribution >= 4 is 58.4 Å². The molecule has 3 saturated heterocycles. The highest BCUT2D eigenvalue weighted by atomic mass is 19.1. The minimum absolute atomic E-state index is 0.00401. The van der Waals surface area contributed by atoms with Gasteiger partial charge < -0.3 is 40.1 Å². The van der Waals surface area contributed by atoms with Crippen molar-refractivity contribution in [1.29, 1.82) is 0 Å². The van der Waals surface area contributed by atoms with Gasteiger partial charge in [-0.2, -0.15) is 4.98 Å². The van der Waals surface area contributed by atoms with Gasteiger partial charge in [-0.1, -0.05) is 19.8 Å². The number of aliphatic hydroxyl groups excluding tert-OH is 1. The molecule has 1 aromatic heterocycles. The quantitative estimate of drug-likeness (QED) is 0.180. The Labute approximate surface area is 371 Å². The highest BCUT2D eigenvalue weighted by Crippen LogP contribution is 2.41. The number of carbonyl (C=O) groups excluding carboxylic acids is 5. The Hall–Kier alpha value is -5.91. The lowest BCUT2D eigenvalue weighted by Gasteiger charge is -2.44. The molecule has 4 aliphatic heterocycles. The number of ether oxygens (including phenoxy) is 1. The van der Waals surface area contributed by atoms with Gasteiger partial charge >= 0.3 is 0 Å². The molecule has 0 radical (unpaired) electrons. The minimum Gasteiger partial charge on any atom is -0.495 e. The first-order valence-electron chi connectivity index (χ1n) is 22.5. The number of rotatable bonds is 12. The lowest BCUT2D eigenvalue weighted by molar-refractivity contribution is -0.138. The number of methoxy groups -OCH3 is 1. The van der Waals surface area contributed by atoms with Gasteiger partial charge in [-0.3, -0.25) is 29.3 Å². The molecule has 8 rings (SSSR count). The van der Waals surface area contributed by atoms with Crippen LogP contribution in [0.2, 0.25) is 0 Å². The molecule has 4 N–H and O–H groups in total. The maximum absolute atomic E-state index is 15.4. The standard InChI is InChI=1S/C46H57F2N9O7/c1-4-35-44(63)54(2)36-25-49-45(52-40(36)57(35)29-9-5-6-10-29)50-34-13-11-27(22-37(34)64-3)41(60)53-46(17-21-58)15-19-55(20-16-46)43(62)28-8-7-18-56(26-28)30-23-32(47)39(33(48)24-30)31-12-14-38(59)51-42(31)61/h11,13,22-25,28-29,31,35,58H,4-10,12,14-21,26H2,1-3H3,(H,53,60)(H,49,50,52)(H,51,59,61)/t28-,31?,35-/m1/s1. The Morgan fingerprint density at radius 2 is 1.73 bits per heavy atom. The van der Waals surface area contributed by atoms with E-state index in [-0.39, 0.29) is 73.5 Å². The predicted octanol–water partition coefficient (Wildman–Crippen LogP) is 4.92. The van der Waals surface area contributed by atoms with E-state index in [1.54, 1.807) is 46.1 Å². The van der Waals surface area contributed by atoms with Crippen molar-refractivity contribution in [2.75, 3.05) is 67.0 Å². The summed E-state index contributed by atoms with van der Waals surface area (Å²) in [5.41, 5.74) is 0.668. The summed E-state index contributed by atoms with van der Waals surface area (Å²) in [6, 6.07) is 7.31. The molecule has 342 valence electrons. The summed E-state index contributed by atoms with van der Waals surface area (Å²) < 4.78 is 36.5. The molecular weight excluding hydrogens is 829 g/mol. The zero-order chi connectivity index (χ0) is 45.3. The van der Waals surface area contributed by atoms with Gasteiger partial charge in [0, 0.05) is 74.6 Å². The largest absolute Gasteiger partial charge is 0.495 e. The van der Waals surface area contributed by atoms with Crippen LogP contribution in [-0.4, -0.2) is 114 Å². The second-order valence-electron chi connectivity index (χ2n) is 17.8. The van der Waals surface area contributed by atoms with Gasteiger partial charge in [-0.05, 0) is 88.1 Å². The second kappa shape index (κ2) is 18.7. The first-order valence-corrected chi connectivity index (χ1v) is 22.5. The van der Waals surface area contributed by atoms with E-state index < -0.39 is 40.8 Å². The molecule has 1 aliphatic carbocycles. The van der Waals surface area contributed by atoms with Crippen LogP contribution in [0.1, 0.15) is 106 Å². The van der Waals surface area contributed by atoms with Crippen molar-refractivity contribution in [3.05, 3.63) is 59.3 Å². The third kappa shape index (κ3) is 8.80. The van der Waals surface area contributed by atoms with Crippen LogP contribution >= 0.6 is 0 Å².